The third-order valence-electron chi connectivity index (χ3n) is 3.59. The molecule has 0 radical (unpaired) electrons. The molecular weight excluding hydrogens is 302 g/mol. The molecule has 0 aliphatic carbocycles. The zero-order chi connectivity index (χ0) is 16.8. The summed E-state index contributed by atoms with van der Waals surface area (Å²) in [7, 11) is 1.57. The lowest BCUT2D eigenvalue weighted by Crippen LogP contribution is -1.96. The number of methoxy groups -OCH3 is 1. The lowest BCUT2D eigenvalue weighted by atomic mass is 10.0. The average molecular weight is 319 g/mol. The highest BCUT2D eigenvalue weighted by molar-refractivity contribution is 5.80. The normalized spacial score (nSPS) is 10.2. The first-order valence-electron chi connectivity index (χ1n) is 7.56. The Morgan fingerprint density at radius 2 is 1.83 bits per heavy atom. The molecule has 0 aliphatic heterocycles. The molecule has 3 aromatic rings. The van der Waals surface area contributed by atoms with Crippen molar-refractivity contribution in [2.24, 2.45) is 0 Å². The molecule has 0 fully saturated rings. The number of benzene rings is 2. The van der Waals surface area contributed by atoms with Gasteiger partial charge in [-0.05, 0) is 35.4 Å². The number of aromatic nitrogens is 1. The Labute approximate surface area is 140 Å². The minimum atomic E-state index is 0.448. The number of pyridine rings is 1. The van der Waals surface area contributed by atoms with Gasteiger partial charge in [0, 0.05) is 23.4 Å². The fourth-order valence-electron chi connectivity index (χ4n) is 2.35. The molecule has 0 N–H and O–H groups in total. The zero-order valence-electron chi connectivity index (χ0n) is 13.3. The van der Waals surface area contributed by atoms with Gasteiger partial charge in [0.05, 0.1) is 7.11 Å². The third-order valence-corrected chi connectivity index (χ3v) is 3.59. The Morgan fingerprint density at radius 1 is 1.00 bits per heavy atom. The summed E-state index contributed by atoms with van der Waals surface area (Å²) in [6, 6.07) is 19.0. The second-order valence-electron chi connectivity index (χ2n) is 5.27. The molecule has 0 unspecified atom stereocenters. The van der Waals surface area contributed by atoms with Crippen molar-refractivity contribution in [3.05, 3.63) is 78.0 Å². The fourth-order valence-corrected chi connectivity index (χ4v) is 2.35. The van der Waals surface area contributed by atoms with Crippen LogP contribution in [0.5, 0.6) is 11.6 Å². The summed E-state index contributed by atoms with van der Waals surface area (Å²) in [6.45, 7) is 0.448. The van der Waals surface area contributed by atoms with Crippen molar-refractivity contribution in [3.8, 4) is 22.8 Å². The first-order chi connectivity index (χ1) is 11.8. The maximum Gasteiger partial charge on any atom is 0.212 e. The van der Waals surface area contributed by atoms with Gasteiger partial charge in [-0.25, -0.2) is 4.98 Å². The number of hydrogen-bond acceptors (Lipinski definition) is 4. The van der Waals surface area contributed by atoms with Gasteiger partial charge in [0.25, 0.3) is 0 Å². The van der Waals surface area contributed by atoms with Crippen molar-refractivity contribution >= 4 is 6.29 Å². The summed E-state index contributed by atoms with van der Waals surface area (Å²) in [5, 5.41) is 0. The molecule has 4 heteroatoms. The van der Waals surface area contributed by atoms with Crippen LogP contribution in [0.4, 0.5) is 0 Å². The van der Waals surface area contributed by atoms with Gasteiger partial charge < -0.3 is 9.47 Å². The topological polar surface area (TPSA) is 48.4 Å². The van der Waals surface area contributed by atoms with E-state index in [1.807, 2.05) is 48.5 Å². The van der Waals surface area contributed by atoms with Gasteiger partial charge in [-0.15, -0.1) is 0 Å². The van der Waals surface area contributed by atoms with E-state index in [1.165, 1.54) is 0 Å². The second kappa shape index (κ2) is 7.42. The predicted molar refractivity (Wildman–Crippen MR) is 92.4 cm³/mol. The molecule has 0 amide bonds. The Bertz CT molecular complexity index is 814. The molecule has 0 saturated carbocycles. The Morgan fingerprint density at radius 3 is 2.50 bits per heavy atom. The number of carbonyl (C=O) groups excluding carboxylic acids is 1. The minimum absolute atomic E-state index is 0.448. The number of nitrogens with zero attached hydrogens (tertiary/aromatic N) is 1. The maximum absolute atomic E-state index is 11.2. The van der Waals surface area contributed by atoms with Gasteiger partial charge >= 0.3 is 0 Å². The molecule has 1 heterocycles. The number of rotatable bonds is 6. The van der Waals surface area contributed by atoms with Gasteiger partial charge in [-0.2, -0.15) is 0 Å². The highest BCUT2D eigenvalue weighted by Gasteiger charge is 2.06. The van der Waals surface area contributed by atoms with Crippen LogP contribution in [0.1, 0.15) is 15.9 Å². The lowest BCUT2D eigenvalue weighted by Gasteiger charge is -2.10. The quantitative estimate of drug-likeness (QED) is 0.640. The number of hydrogen-bond donors (Lipinski definition) is 0. The Hall–Kier alpha value is -3.14. The number of ether oxygens (including phenoxy) is 2. The molecule has 24 heavy (non-hydrogen) atoms. The molecule has 120 valence electrons. The Kier molecular flexibility index (Phi) is 4.87. The van der Waals surface area contributed by atoms with Gasteiger partial charge in [-0.1, -0.05) is 30.3 Å². The van der Waals surface area contributed by atoms with Gasteiger partial charge in [0.1, 0.15) is 18.6 Å². The predicted octanol–water partition coefficient (Wildman–Crippen LogP) is 4.15. The first-order valence-corrected chi connectivity index (χ1v) is 7.56. The molecule has 0 spiro atoms. The highest BCUT2D eigenvalue weighted by atomic mass is 16.5. The zero-order valence-corrected chi connectivity index (χ0v) is 13.3. The summed E-state index contributed by atoms with van der Waals surface area (Å²) >= 11 is 0. The fraction of sp³-hybridized carbons (Fsp3) is 0.100. The van der Waals surface area contributed by atoms with Crippen LogP contribution in [0.15, 0.2) is 66.9 Å². The van der Waals surface area contributed by atoms with E-state index in [2.05, 4.69) is 4.98 Å². The molecule has 3 rings (SSSR count). The van der Waals surface area contributed by atoms with Gasteiger partial charge in [0.15, 0.2) is 0 Å². The summed E-state index contributed by atoms with van der Waals surface area (Å²) in [5.74, 6) is 1.19. The highest BCUT2D eigenvalue weighted by Crippen LogP contribution is 2.26. The number of aldehydes is 1. The van der Waals surface area contributed by atoms with Crippen LogP contribution in [0.25, 0.3) is 11.1 Å². The van der Waals surface area contributed by atoms with E-state index in [-0.39, 0.29) is 0 Å². The van der Waals surface area contributed by atoms with Crippen LogP contribution in [0, 0.1) is 0 Å². The SMILES string of the molecule is COc1ccc(-c2cc(C=O)cc(OCc3ccccc3)c2)cn1. The van der Waals surface area contributed by atoms with Crippen LogP contribution in [0.2, 0.25) is 0 Å². The maximum atomic E-state index is 11.2. The van der Waals surface area contributed by atoms with Crippen molar-refractivity contribution in [2.45, 2.75) is 6.61 Å². The lowest BCUT2D eigenvalue weighted by molar-refractivity contribution is 0.112. The minimum Gasteiger partial charge on any atom is -0.489 e. The largest absolute Gasteiger partial charge is 0.489 e. The molecule has 0 aliphatic rings. The third kappa shape index (κ3) is 3.79. The van der Waals surface area contributed by atoms with Crippen molar-refractivity contribution in [2.75, 3.05) is 7.11 Å². The Balaban J connectivity index is 1.85. The van der Waals surface area contributed by atoms with Crippen molar-refractivity contribution in [1.82, 2.24) is 4.98 Å². The number of carbonyl (C=O) groups is 1. The van der Waals surface area contributed by atoms with E-state index in [0.29, 0.717) is 23.8 Å². The van der Waals surface area contributed by atoms with Crippen molar-refractivity contribution in [3.63, 3.8) is 0 Å². The molecule has 1 aromatic heterocycles. The van der Waals surface area contributed by atoms with Crippen molar-refractivity contribution < 1.29 is 14.3 Å². The summed E-state index contributed by atoms with van der Waals surface area (Å²) in [6.07, 6.45) is 2.53. The monoisotopic (exact) mass is 319 g/mol. The average Bonchev–Trinajstić information content (AvgIpc) is 2.67. The van der Waals surface area contributed by atoms with Crippen LogP contribution in [-0.2, 0) is 6.61 Å². The molecule has 0 saturated heterocycles. The van der Waals surface area contributed by atoms with Crippen LogP contribution in [0.3, 0.4) is 0 Å². The second-order valence-corrected chi connectivity index (χ2v) is 5.27. The molecule has 0 atom stereocenters. The van der Waals surface area contributed by atoms with E-state index in [1.54, 1.807) is 25.4 Å². The molecular formula is C20H17NO3. The smallest absolute Gasteiger partial charge is 0.212 e. The summed E-state index contributed by atoms with van der Waals surface area (Å²) in [5.41, 5.74) is 3.40. The summed E-state index contributed by atoms with van der Waals surface area (Å²) in [4.78, 5) is 15.4. The van der Waals surface area contributed by atoms with E-state index in [0.717, 1.165) is 23.0 Å². The summed E-state index contributed by atoms with van der Waals surface area (Å²) < 4.78 is 10.9. The van der Waals surface area contributed by atoms with Crippen LogP contribution < -0.4 is 9.47 Å². The standard InChI is InChI=1S/C20H17NO3/c1-23-20-8-7-17(12-21-20)18-9-16(13-22)10-19(11-18)24-14-15-5-3-2-4-6-15/h2-13H,14H2,1H3. The van der Waals surface area contributed by atoms with E-state index in [9.17, 15) is 4.79 Å². The van der Waals surface area contributed by atoms with Gasteiger partial charge in [0.2, 0.25) is 5.88 Å². The first kappa shape index (κ1) is 15.7. The van der Waals surface area contributed by atoms with Crippen molar-refractivity contribution in [1.29, 1.82) is 0 Å². The van der Waals surface area contributed by atoms with Crippen LogP contribution in [-0.4, -0.2) is 18.4 Å². The molecule has 2 aromatic carbocycles. The van der Waals surface area contributed by atoms with Gasteiger partial charge in [-0.3, -0.25) is 4.79 Å². The molecule has 0 bridgehead atoms. The van der Waals surface area contributed by atoms with E-state index >= 15 is 0 Å². The van der Waals surface area contributed by atoms with E-state index < -0.39 is 0 Å². The molecule has 4 nitrogen and oxygen atoms in total. The van der Waals surface area contributed by atoms with Crippen LogP contribution >= 0.6 is 0 Å². The van der Waals surface area contributed by atoms with E-state index in [4.69, 9.17) is 9.47 Å².